The van der Waals surface area contributed by atoms with Gasteiger partial charge in [0.2, 0.25) is 0 Å². The molecule has 2 aromatic rings. The second kappa shape index (κ2) is 8.83. The summed E-state index contributed by atoms with van der Waals surface area (Å²) >= 11 is 4.60. The maximum absolute atomic E-state index is 14.5. The van der Waals surface area contributed by atoms with Gasteiger partial charge in [-0.3, -0.25) is 15.3 Å². The fourth-order valence-corrected chi connectivity index (χ4v) is 2.98. The van der Waals surface area contributed by atoms with Crippen molar-refractivity contribution in [3.8, 4) is 0 Å². The number of rotatable bonds is 5. The Bertz CT molecular complexity index is 822. The number of piperazine rings is 1. The molecule has 142 valence electrons. The molecule has 9 heteroatoms. The summed E-state index contributed by atoms with van der Waals surface area (Å²) in [5, 5.41) is 3.61. The first kappa shape index (κ1) is 19.1. The summed E-state index contributed by atoms with van der Waals surface area (Å²) < 4.78 is 28.8. The van der Waals surface area contributed by atoms with E-state index in [9.17, 15) is 8.78 Å². The van der Waals surface area contributed by atoms with E-state index < -0.39 is 11.6 Å². The minimum atomic E-state index is -0.559. The van der Waals surface area contributed by atoms with E-state index in [4.69, 9.17) is 5.73 Å². The highest BCUT2D eigenvalue weighted by Gasteiger charge is 2.21. The summed E-state index contributed by atoms with van der Waals surface area (Å²) in [7, 11) is 0. The largest absolute Gasteiger partial charge is 0.375 e. The van der Waals surface area contributed by atoms with Gasteiger partial charge in [0.15, 0.2) is 5.11 Å². The summed E-state index contributed by atoms with van der Waals surface area (Å²) in [6.45, 7) is 3.47. The summed E-state index contributed by atoms with van der Waals surface area (Å²) in [5.74, 6) is -1.05. The number of benzene rings is 1. The van der Waals surface area contributed by atoms with E-state index in [1.165, 1.54) is 6.07 Å². The Labute approximate surface area is 161 Å². The van der Waals surface area contributed by atoms with Gasteiger partial charge in [-0.15, -0.1) is 0 Å². The molecule has 27 heavy (non-hydrogen) atoms. The molecule has 2 heterocycles. The number of aromatic nitrogens is 1. The van der Waals surface area contributed by atoms with Crippen molar-refractivity contribution in [2.45, 2.75) is 6.54 Å². The molecule has 0 bridgehead atoms. The highest BCUT2D eigenvalue weighted by Crippen LogP contribution is 2.24. The molecule has 1 fully saturated rings. The number of nitrogens with two attached hydrogens (primary N) is 1. The smallest absolute Gasteiger partial charge is 0.184 e. The highest BCUT2D eigenvalue weighted by atomic mass is 32.1. The molecule has 1 aliphatic rings. The van der Waals surface area contributed by atoms with E-state index in [1.807, 2.05) is 23.1 Å². The number of nitrogens with zero attached hydrogens (tertiary/aromatic N) is 4. The third-order valence-corrected chi connectivity index (χ3v) is 4.36. The SMILES string of the molecule is NC(=S)N/N=C/c1cc(F)c(N2CCN(Cc3ccccn3)CC2)cc1F. The molecule has 3 N–H and O–H groups in total. The molecule has 0 unspecified atom stereocenters. The van der Waals surface area contributed by atoms with Crippen LogP contribution in [0.15, 0.2) is 41.6 Å². The first-order valence-corrected chi connectivity index (χ1v) is 8.88. The third-order valence-electron chi connectivity index (χ3n) is 4.27. The van der Waals surface area contributed by atoms with Gasteiger partial charge in [-0.05, 0) is 30.4 Å². The van der Waals surface area contributed by atoms with Crippen LogP contribution in [0.2, 0.25) is 0 Å². The Hall–Kier alpha value is -2.65. The Morgan fingerprint density at radius 1 is 1.22 bits per heavy atom. The Morgan fingerprint density at radius 2 is 2.00 bits per heavy atom. The van der Waals surface area contributed by atoms with Crippen LogP contribution < -0.4 is 16.1 Å². The summed E-state index contributed by atoms with van der Waals surface area (Å²) in [6, 6.07) is 8.14. The van der Waals surface area contributed by atoms with Gasteiger partial charge < -0.3 is 10.6 Å². The van der Waals surface area contributed by atoms with Gasteiger partial charge in [0.05, 0.1) is 17.6 Å². The molecule has 0 amide bonds. The normalized spacial score (nSPS) is 15.3. The fraction of sp³-hybridized carbons (Fsp3) is 0.278. The number of hydrazone groups is 1. The van der Waals surface area contributed by atoms with Gasteiger partial charge in [0, 0.05) is 50.6 Å². The van der Waals surface area contributed by atoms with Crippen molar-refractivity contribution in [3.05, 3.63) is 59.4 Å². The number of anilines is 1. The van der Waals surface area contributed by atoms with Crippen LogP contribution in [0.5, 0.6) is 0 Å². The van der Waals surface area contributed by atoms with Crippen molar-refractivity contribution < 1.29 is 8.78 Å². The van der Waals surface area contributed by atoms with Crippen LogP contribution in [-0.4, -0.2) is 47.4 Å². The minimum Gasteiger partial charge on any atom is -0.375 e. The van der Waals surface area contributed by atoms with Crippen molar-refractivity contribution in [2.24, 2.45) is 10.8 Å². The van der Waals surface area contributed by atoms with E-state index in [0.717, 1.165) is 37.6 Å². The summed E-state index contributed by atoms with van der Waals surface area (Å²) in [6.07, 6.45) is 2.91. The van der Waals surface area contributed by atoms with E-state index in [2.05, 4.69) is 32.6 Å². The quantitative estimate of drug-likeness (QED) is 0.461. The molecule has 6 nitrogen and oxygen atoms in total. The van der Waals surface area contributed by atoms with E-state index >= 15 is 0 Å². The molecular weight excluding hydrogens is 370 g/mol. The monoisotopic (exact) mass is 390 g/mol. The van der Waals surface area contributed by atoms with Gasteiger partial charge in [0.1, 0.15) is 11.6 Å². The van der Waals surface area contributed by atoms with Crippen LogP contribution in [0, 0.1) is 11.6 Å². The standard InChI is InChI=1S/C18H20F2N6S/c19-15-10-17(16(20)9-13(15)11-23-24-18(21)27)26-7-5-25(6-8-26)12-14-3-1-2-4-22-14/h1-4,9-11H,5-8,12H2,(H3,21,24,27)/b23-11+. The number of pyridine rings is 1. The lowest BCUT2D eigenvalue weighted by atomic mass is 10.1. The van der Waals surface area contributed by atoms with Crippen molar-refractivity contribution >= 4 is 29.2 Å². The molecule has 0 atom stereocenters. The average molecular weight is 390 g/mol. The van der Waals surface area contributed by atoms with Crippen LogP contribution >= 0.6 is 12.2 Å². The first-order valence-electron chi connectivity index (χ1n) is 8.47. The number of halogens is 2. The summed E-state index contributed by atoms with van der Waals surface area (Å²) in [4.78, 5) is 8.42. The molecule has 0 spiro atoms. The zero-order chi connectivity index (χ0) is 19.2. The molecule has 0 aliphatic carbocycles. The van der Waals surface area contributed by atoms with Crippen LogP contribution in [0.25, 0.3) is 0 Å². The first-order chi connectivity index (χ1) is 13.0. The highest BCUT2D eigenvalue weighted by molar-refractivity contribution is 7.80. The molecule has 0 saturated carbocycles. The van der Waals surface area contributed by atoms with Gasteiger partial charge in [-0.2, -0.15) is 5.10 Å². The van der Waals surface area contributed by atoms with Crippen LogP contribution in [0.3, 0.4) is 0 Å². The molecule has 1 aromatic heterocycles. The van der Waals surface area contributed by atoms with Crippen molar-refractivity contribution in [1.29, 1.82) is 0 Å². The Morgan fingerprint density at radius 3 is 2.67 bits per heavy atom. The predicted octanol–water partition coefficient (Wildman–Crippen LogP) is 1.85. The number of thiocarbonyl (C=S) groups is 1. The van der Waals surface area contributed by atoms with E-state index in [-0.39, 0.29) is 16.4 Å². The third kappa shape index (κ3) is 5.18. The molecule has 3 rings (SSSR count). The Balaban J connectivity index is 1.63. The van der Waals surface area contributed by atoms with Gasteiger partial charge in [-0.1, -0.05) is 6.07 Å². The van der Waals surface area contributed by atoms with Crippen molar-refractivity contribution in [2.75, 3.05) is 31.1 Å². The molecule has 1 aromatic carbocycles. The van der Waals surface area contributed by atoms with E-state index in [1.54, 1.807) is 6.20 Å². The number of hydrogen-bond acceptors (Lipinski definition) is 5. The second-order valence-corrected chi connectivity index (χ2v) is 6.58. The number of nitrogens with one attached hydrogen (secondary N) is 1. The van der Waals surface area contributed by atoms with Crippen molar-refractivity contribution in [3.63, 3.8) is 0 Å². The maximum atomic E-state index is 14.5. The molecule has 1 saturated heterocycles. The van der Waals surface area contributed by atoms with Crippen LogP contribution in [0.1, 0.15) is 11.3 Å². The minimum absolute atomic E-state index is 0.0220. The zero-order valence-corrected chi connectivity index (χ0v) is 15.4. The summed E-state index contributed by atoms with van der Waals surface area (Å²) in [5.41, 5.74) is 8.82. The van der Waals surface area contributed by atoms with Gasteiger partial charge in [-0.25, -0.2) is 8.78 Å². The van der Waals surface area contributed by atoms with Crippen molar-refractivity contribution in [1.82, 2.24) is 15.3 Å². The Kier molecular flexibility index (Phi) is 6.25. The zero-order valence-electron chi connectivity index (χ0n) is 14.6. The maximum Gasteiger partial charge on any atom is 0.184 e. The van der Waals surface area contributed by atoms with Gasteiger partial charge >= 0.3 is 0 Å². The lowest BCUT2D eigenvalue weighted by molar-refractivity contribution is 0.246. The topological polar surface area (TPSA) is 69.8 Å². The van der Waals surface area contributed by atoms with Crippen LogP contribution in [-0.2, 0) is 6.54 Å². The number of hydrogen-bond donors (Lipinski definition) is 2. The molecule has 0 radical (unpaired) electrons. The lowest BCUT2D eigenvalue weighted by Gasteiger charge is -2.36. The van der Waals surface area contributed by atoms with Gasteiger partial charge in [0.25, 0.3) is 0 Å². The van der Waals surface area contributed by atoms with E-state index in [0.29, 0.717) is 13.1 Å². The fourth-order valence-electron chi connectivity index (χ4n) is 2.93. The molecular formula is C18H20F2N6S. The predicted molar refractivity (Wildman–Crippen MR) is 106 cm³/mol. The lowest BCUT2D eigenvalue weighted by Crippen LogP contribution is -2.46. The second-order valence-electron chi connectivity index (χ2n) is 6.14. The molecule has 1 aliphatic heterocycles. The van der Waals surface area contributed by atoms with Crippen LogP contribution in [0.4, 0.5) is 14.5 Å². The average Bonchev–Trinajstić information content (AvgIpc) is 2.65.